The van der Waals surface area contributed by atoms with Crippen molar-refractivity contribution in [3.8, 4) is 23.1 Å². The minimum absolute atomic E-state index is 0.214. The van der Waals surface area contributed by atoms with Crippen LogP contribution in [-0.2, 0) is 4.74 Å². The van der Waals surface area contributed by atoms with Gasteiger partial charge in [0.2, 0.25) is 0 Å². The number of benzene rings is 2. The van der Waals surface area contributed by atoms with Gasteiger partial charge in [-0.3, -0.25) is 0 Å². The van der Waals surface area contributed by atoms with Crippen LogP contribution in [0.5, 0.6) is 0 Å². The van der Waals surface area contributed by atoms with Crippen LogP contribution in [0.3, 0.4) is 0 Å². The van der Waals surface area contributed by atoms with Gasteiger partial charge in [-0.05, 0) is 42.2 Å². The Morgan fingerprint density at radius 2 is 1.80 bits per heavy atom. The first-order valence-electron chi connectivity index (χ1n) is 11.1. The second kappa shape index (κ2) is 8.83. The average Bonchev–Trinajstić information content (AvgIpc) is 3.49. The third-order valence-electron chi connectivity index (χ3n) is 5.84. The van der Waals surface area contributed by atoms with E-state index in [0.29, 0.717) is 35.3 Å². The quantitative estimate of drug-likeness (QED) is 0.390. The van der Waals surface area contributed by atoms with Crippen molar-refractivity contribution in [3.63, 3.8) is 0 Å². The van der Waals surface area contributed by atoms with E-state index >= 15 is 0 Å². The SMILES string of the molecule is O=C(O)c1ccc(-c2c(C#Cc3nc4ccccc4s3)nc3c(N4CCOCC4)ccnn23)cc1. The van der Waals surface area contributed by atoms with Crippen LogP contribution in [0, 0.1) is 11.8 Å². The number of fused-ring (bicyclic) bond motifs is 2. The van der Waals surface area contributed by atoms with Crippen LogP contribution in [0.4, 0.5) is 5.69 Å². The molecule has 3 aromatic heterocycles. The molecule has 0 unspecified atom stereocenters. The number of anilines is 1. The molecule has 35 heavy (non-hydrogen) atoms. The van der Waals surface area contributed by atoms with Crippen molar-refractivity contribution in [2.45, 2.75) is 0 Å². The first-order valence-corrected chi connectivity index (χ1v) is 11.9. The minimum Gasteiger partial charge on any atom is -0.478 e. The number of imidazole rings is 1. The summed E-state index contributed by atoms with van der Waals surface area (Å²) in [5.41, 5.74) is 4.83. The van der Waals surface area contributed by atoms with Crippen LogP contribution in [0.2, 0.25) is 0 Å². The molecule has 1 aliphatic heterocycles. The molecule has 0 bridgehead atoms. The maximum atomic E-state index is 11.4. The highest BCUT2D eigenvalue weighted by atomic mass is 32.1. The number of aromatic nitrogens is 4. The van der Waals surface area contributed by atoms with Gasteiger partial charge in [-0.1, -0.05) is 24.3 Å². The van der Waals surface area contributed by atoms with Crippen molar-refractivity contribution in [2.24, 2.45) is 0 Å². The van der Waals surface area contributed by atoms with Gasteiger partial charge in [-0.2, -0.15) is 5.10 Å². The first-order chi connectivity index (χ1) is 17.2. The molecule has 6 rings (SSSR count). The Balaban J connectivity index is 1.51. The van der Waals surface area contributed by atoms with E-state index in [9.17, 15) is 9.90 Å². The molecule has 1 saturated heterocycles. The van der Waals surface area contributed by atoms with Crippen LogP contribution in [0.15, 0.2) is 60.8 Å². The zero-order chi connectivity index (χ0) is 23.8. The highest BCUT2D eigenvalue weighted by Crippen LogP contribution is 2.30. The monoisotopic (exact) mass is 481 g/mol. The molecular formula is C26H19N5O3S. The number of rotatable bonds is 3. The molecule has 8 nitrogen and oxygen atoms in total. The van der Waals surface area contributed by atoms with Crippen molar-refractivity contribution in [1.29, 1.82) is 0 Å². The lowest BCUT2D eigenvalue weighted by atomic mass is 10.1. The Labute approximate surface area is 204 Å². The molecule has 0 aliphatic carbocycles. The van der Waals surface area contributed by atoms with Crippen LogP contribution in [-0.4, -0.2) is 57.0 Å². The van der Waals surface area contributed by atoms with Gasteiger partial charge in [0, 0.05) is 18.7 Å². The number of aromatic carboxylic acids is 1. The summed E-state index contributed by atoms with van der Waals surface area (Å²) in [4.78, 5) is 23.1. The van der Waals surface area contributed by atoms with E-state index in [2.05, 4.69) is 26.8 Å². The summed E-state index contributed by atoms with van der Waals surface area (Å²) < 4.78 is 8.37. The van der Waals surface area contributed by atoms with Gasteiger partial charge in [0.05, 0.1) is 40.9 Å². The fraction of sp³-hybridized carbons (Fsp3) is 0.154. The standard InChI is InChI=1S/C26H19N5O3S/c32-26(33)18-7-5-17(6-8-18)24-20(9-10-23-28-19-3-1-2-4-22(19)35-23)29-25-21(11-12-27-31(24)25)30-13-15-34-16-14-30/h1-8,11-12H,13-16H2,(H,32,33). The normalized spacial score (nSPS) is 13.7. The Bertz CT molecular complexity index is 1590. The number of para-hydroxylation sites is 1. The molecule has 9 heteroatoms. The fourth-order valence-corrected chi connectivity index (χ4v) is 4.96. The fourth-order valence-electron chi connectivity index (χ4n) is 4.14. The van der Waals surface area contributed by atoms with Gasteiger partial charge < -0.3 is 14.7 Å². The summed E-state index contributed by atoms with van der Waals surface area (Å²) in [6.07, 6.45) is 1.75. The molecule has 0 amide bonds. The number of carboxylic acids is 1. The van der Waals surface area contributed by atoms with Crippen molar-refractivity contribution in [1.82, 2.24) is 19.6 Å². The number of thiazole rings is 1. The molecule has 0 atom stereocenters. The molecule has 0 saturated carbocycles. The number of nitrogens with zero attached hydrogens (tertiary/aromatic N) is 5. The molecule has 1 N–H and O–H groups in total. The molecule has 5 aromatic rings. The zero-order valence-electron chi connectivity index (χ0n) is 18.5. The van der Waals surface area contributed by atoms with Gasteiger partial charge in [-0.25, -0.2) is 19.3 Å². The van der Waals surface area contributed by atoms with E-state index in [1.54, 1.807) is 35.0 Å². The maximum absolute atomic E-state index is 11.4. The third-order valence-corrected chi connectivity index (χ3v) is 6.79. The van der Waals surface area contributed by atoms with Crippen molar-refractivity contribution >= 4 is 38.9 Å². The number of ether oxygens (including phenoxy) is 1. The summed E-state index contributed by atoms with van der Waals surface area (Å²) in [7, 11) is 0. The predicted octanol–water partition coefficient (Wildman–Crippen LogP) is 3.94. The van der Waals surface area contributed by atoms with Gasteiger partial charge in [-0.15, -0.1) is 11.3 Å². The summed E-state index contributed by atoms with van der Waals surface area (Å²) in [5.74, 6) is 5.41. The van der Waals surface area contributed by atoms with Gasteiger partial charge >= 0.3 is 5.97 Å². The Morgan fingerprint density at radius 3 is 2.57 bits per heavy atom. The Kier molecular flexibility index (Phi) is 5.37. The van der Waals surface area contributed by atoms with Crippen molar-refractivity contribution in [2.75, 3.05) is 31.2 Å². The Morgan fingerprint density at radius 1 is 1.00 bits per heavy atom. The van der Waals surface area contributed by atoms with E-state index in [-0.39, 0.29) is 5.56 Å². The van der Waals surface area contributed by atoms with E-state index in [1.165, 1.54) is 11.3 Å². The van der Waals surface area contributed by atoms with Crippen molar-refractivity contribution < 1.29 is 14.6 Å². The van der Waals surface area contributed by atoms with E-state index < -0.39 is 5.97 Å². The molecule has 1 aliphatic rings. The lowest BCUT2D eigenvalue weighted by Crippen LogP contribution is -2.36. The summed E-state index contributed by atoms with van der Waals surface area (Å²) in [6, 6.07) is 16.6. The first kappa shape index (κ1) is 21.3. The van der Waals surface area contributed by atoms with Crippen LogP contribution >= 0.6 is 11.3 Å². The zero-order valence-corrected chi connectivity index (χ0v) is 19.3. The number of morpholine rings is 1. The Hall–Kier alpha value is -4.26. The number of hydrogen-bond donors (Lipinski definition) is 1. The number of hydrogen-bond acceptors (Lipinski definition) is 7. The molecule has 0 spiro atoms. The van der Waals surface area contributed by atoms with E-state index in [1.807, 2.05) is 30.3 Å². The van der Waals surface area contributed by atoms with Crippen LogP contribution in [0.1, 0.15) is 21.1 Å². The molecule has 0 radical (unpaired) electrons. The largest absolute Gasteiger partial charge is 0.478 e. The van der Waals surface area contributed by atoms with Gasteiger partial charge in [0.1, 0.15) is 11.4 Å². The third kappa shape index (κ3) is 3.99. The molecule has 1 fully saturated rings. The predicted molar refractivity (Wildman–Crippen MR) is 134 cm³/mol. The summed E-state index contributed by atoms with van der Waals surface area (Å²) >= 11 is 1.53. The molecule has 172 valence electrons. The average molecular weight is 482 g/mol. The summed E-state index contributed by atoms with van der Waals surface area (Å²) in [6.45, 7) is 2.84. The van der Waals surface area contributed by atoms with Gasteiger partial charge in [0.15, 0.2) is 10.7 Å². The minimum atomic E-state index is -0.974. The van der Waals surface area contributed by atoms with E-state index in [0.717, 1.165) is 34.6 Å². The summed E-state index contributed by atoms with van der Waals surface area (Å²) in [5, 5.41) is 14.6. The topological polar surface area (TPSA) is 92.8 Å². The van der Waals surface area contributed by atoms with E-state index in [4.69, 9.17) is 9.72 Å². The van der Waals surface area contributed by atoms with Crippen LogP contribution < -0.4 is 4.90 Å². The second-order valence-corrected chi connectivity index (χ2v) is 9.01. The smallest absolute Gasteiger partial charge is 0.335 e. The van der Waals surface area contributed by atoms with Crippen LogP contribution in [0.25, 0.3) is 27.1 Å². The highest BCUT2D eigenvalue weighted by Gasteiger charge is 2.21. The number of carboxylic acid groups (broad SMARTS) is 1. The molecular weight excluding hydrogens is 462 g/mol. The van der Waals surface area contributed by atoms with Crippen molar-refractivity contribution in [3.05, 3.63) is 77.1 Å². The number of carbonyl (C=O) groups is 1. The second-order valence-electron chi connectivity index (χ2n) is 7.98. The molecule has 4 heterocycles. The molecule has 2 aromatic carbocycles. The highest BCUT2D eigenvalue weighted by molar-refractivity contribution is 7.19. The van der Waals surface area contributed by atoms with Gasteiger partial charge in [0.25, 0.3) is 0 Å². The lowest BCUT2D eigenvalue weighted by Gasteiger charge is -2.28. The lowest BCUT2D eigenvalue weighted by molar-refractivity contribution is 0.0697. The maximum Gasteiger partial charge on any atom is 0.335 e.